The zero-order chi connectivity index (χ0) is 15.7. The smallest absolute Gasteiger partial charge is 0.269 e. The van der Waals surface area contributed by atoms with Gasteiger partial charge in [0.25, 0.3) is 5.69 Å². The molecule has 0 aliphatic carbocycles. The quantitative estimate of drug-likeness (QED) is 0.600. The Bertz CT molecular complexity index is 727. The van der Waals surface area contributed by atoms with Crippen LogP contribution in [0, 0.1) is 10.1 Å². The van der Waals surface area contributed by atoms with Gasteiger partial charge in [-0.05, 0) is 24.3 Å². The first-order valence-corrected chi connectivity index (χ1v) is 7.19. The maximum Gasteiger partial charge on any atom is 0.269 e. The highest BCUT2D eigenvalue weighted by Gasteiger charge is 2.27. The molecule has 5 nitrogen and oxygen atoms in total. The molecule has 0 saturated heterocycles. The van der Waals surface area contributed by atoms with E-state index >= 15 is 0 Å². The first-order valence-electron chi connectivity index (χ1n) is 6.43. The fourth-order valence-corrected chi connectivity index (χ4v) is 2.83. The van der Waals surface area contributed by atoms with Gasteiger partial charge >= 0.3 is 0 Å². The van der Waals surface area contributed by atoms with Crippen molar-refractivity contribution in [3.8, 4) is 0 Å². The van der Waals surface area contributed by atoms with E-state index in [0.717, 1.165) is 5.56 Å². The molecule has 0 radical (unpaired) electrons. The van der Waals surface area contributed by atoms with Gasteiger partial charge < -0.3 is 4.74 Å². The lowest BCUT2D eigenvalue weighted by Gasteiger charge is -2.15. The summed E-state index contributed by atoms with van der Waals surface area (Å²) >= 11 is 12.3. The molecular weight excluding hydrogens is 327 g/mol. The van der Waals surface area contributed by atoms with Crippen LogP contribution < -0.4 is 0 Å². The standard InChI is InChI=1S/C15H10Cl2N2O3/c16-11-2-1-3-12(17)14(11)13-8-18-15(22-13)9-4-6-10(7-5-9)19(20)21/h1-8,13,15H. The van der Waals surface area contributed by atoms with Crippen molar-refractivity contribution in [2.24, 2.45) is 4.99 Å². The number of non-ortho nitro benzene ring substituents is 1. The number of halogens is 2. The van der Waals surface area contributed by atoms with Crippen LogP contribution in [0.1, 0.15) is 23.5 Å². The summed E-state index contributed by atoms with van der Waals surface area (Å²) in [6, 6.07) is 11.3. The highest BCUT2D eigenvalue weighted by atomic mass is 35.5. The van der Waals surface area contributed by atoms with E-state index in [2.05, 4.69) is 4.99 Å². The van der Waals surface area contributed by atoms with Crippen LogP contribution in [0.4, 0.5) is 5.69 Å². The van der Waals surface area contributed by atoms with E-state index < -0.39 is 17.3 Å². The first kappa shape index (κ1) is 15.0. The van der Waals surface area contributed by atoms with E-state index in [9.17, 15) is 10.1 Å². The molecule has 0 fully saturated rings. The van der Waals surface area contributed by atoms with Crippen LogP contribution in [-0.4, -0.2) is 11.1 Å². The van der Waals surface area contributed by atoms with Crippen LogP contribution in [0.3, 0.4) is 0 Å². The largest absolute Gasteiger partial charge is 0.339 e. The third-order valence-corrected chi connectivity index (χ3v) is 3.96. The highest BCUT2D eigenvalue weighted by molar-refractivity contribution is 6.36. The van der Waals surface area contributed by atoms with E-state index in [1.54, 1.807) is 36.5 Å². The summed E-state index contributed by atoms with van der Waals surface area (Å²) < 4.78 is 5.83. The van der Waals surface area contributed by atoms with E-state index in [4.69, 9.17) is 27.9 Å². The second-order valence-corrected chi connectivity index (χ2v) is 5.51. The molecular formula is C15H10Cl2N2O3. The maximum atomic E-state index is 10.7. The molecule has 1 heterocycles. The maximum absolute atomic E-state index is 10.7. The topological polar surface area (TPSA) is 64.7 Å². The molecule has 0 spiro atoms. The SMILES string of the molecule is O=[N+]([O-])c1ccc(C2N=CC(c3c(Cl)cccc3Cl)O2)cc1. The molecule has 3 rings (SSSR count). The molecule has 0 amide bonds. The Morgan fingerprint density at radius 1 is 1.09 bits per heavy atom. The van der Waals surface area contributed by atoms with Crippen molar-refractivity contribution in [1.29, 1.82) is 0 Å². The average Bonchev–Trinajstić information content (AvgIpc) is 2.97. The van der Waals surface area contributed by atoms with Gasteiger partial charge in [-0.15, -0.1) is 0 Å². The predicted octanol–water partition coefficient (Wildman–Crippen LogP) is 4.74. The van der Waals surface area contributed by atoms with Gasteiger partial charge in [-0.25, -0.2) is 0 Å². The van der Waals surface area contributed by atoms with Gasteiger partial charge in [0.05, 0.1) is 4.92 Å². The molecule has 22 heavy (non-hydrogen) atoms. The lowest BCUT2D eigenvalue weighted by Crippen LogP contribution is -2.04. The van der Waals surface area contributed by atoms with E-state index in [-0.39, 0.29) is 5.69 Å². The zero-order valence-corrected chi connectivity index (χ0v) is 12.7. The summed E-state index contributed by atoms with van der Waals surface area (Å²) in [6.07, 6.45) is 0.665. The number of rotatable bonds is 3. The first-order chi connectivity index (χ1) is 10.6. The number of nitrogens with zero attached hydrogens (tertiary/aromatic N) is 2. The fraction of sp³-hybridized carbons (Fsp3) is 0.133. The number of hydrogen-bond donors (Lipinski definition) is 0. The van der Waals surface area contributed by atoms with Crippen molar-refractivity contribution in [2.75, 3.05) is 0 Å². The minimum absolute atomic E-state index is 0.0245. The van der Waals surface area contributed by atoms with Crippen LogP contribution >= 0.6 is 23.2 Å². The van der Waals surface area contributed by atoms with Gasteiger partial charge in [-0.1, -0.05) is 29.3 Å². The van der Waals surface area contributed by atoms with Gasteiger partial charge in [-0.3, -0.25) is 15.1 Å². The van der Waals surface area contributed by atoms with Gasteiger partial charge in [0, 0.05) is 39.5 Å². The van der Waals surface area contributed by atoms with Crippen molar-refractivity contribution in [3.05, 3.63) is 73.8 Å². The summed E-state index contributed by atoms with van der Waals surface area (Å²) in [6.45, 7) is 0. The Labute approximate surface area is 136 Å². The second-order valence-electron chi connectivity index (χ2n) is 4.69. The molecule has 0 saturated carbocycles. The monoisotopic (exact) mass is 336 g/mol. The molecule has 0 bridgehead atoms. The van der Waals surface area contributed by atoms with Crippen molar-refractivity contribution >= 4 is 35.1 Å². The Balaban J connectivity index is 1.81. The Kier molecular flexibility index (Phi) is 4.11. The van der Waals surface area contributed by atoms with E-state index in [0.29, 0.717) is 15.6 Å². The van der Waals surface area contributed by atoms with Crippen LogP contribution in [0.15, 0.2) is 47.5 Å². The van der Waals surface area contributed by atoms with E-state index in [1.807, 2.05) is 0 Å². The molecule has 0 aromatic heterocycles. The highest BCUT2D eigenvalue weighted by Crippen LogP contribution is 2.38. The minimum Gasteiger partial charge on any atom is -0.339 e. The molecule has 2 atom stereocenters. The third kappa shape index (κ3) is 2.83. The molecule has 1 aliphatic heterocycles. The van der Waals surface area contributed by atoms with Crippen LogP contribution in [0.25, 0.3) is 0 Å². The molecule has 0 N–H and O–H groups in total. The molecule has 2 aromatic carbocycles. The average molecular weight is 337 g/mol. The minimum atomic E-state index is -0.529. The van der Waals surface area contributed by atoms with Crippen LogP contribution in [0.5, 0.6) is 0 Å². The summed E-state index contributed by atoms with van der Waals surface area (Å²) in [5.74, 6) is 0. The lowest BCUT2D eigenvalue weighted by molar-refractivity contribution is -0.384. The molecule has 1 aliphatic rings. The van der Waals surface area contributed by atoms with Crippen molar-refractivity contribution in [3.63, 3.8) is 0 Å². The number of aliphatic imine (C=N–C) groups is 1. The Morgan fingerprint density at radius 2 is 1.73 bits per heavy atom. The van der Waals surface area contributed by atoms with Crippen molar-refractivity contribution in [2.45, 2.75) is 12.3 Å². The fourth-order valence-electron chi connectivity index (χ4n) is 2.22. The van der Waals surface area contributed by atoms with Crippen LogP contribution in [0.2, 0.25) is 10.0 Å². The van der Waals surface area contributed by atoms with Crippen molar-refractivity contribution < 1.29 is 9.66 Å². The van der Waals surface area contributed by atoms with Crippen molar-refractivity contribution in [1.82, 2.24) is 0 Å². The van der Waals surface area contributed by atoms with Gasteiger partial charge in [0.1, 0.15) is 6.10 Å². The number of nitro benzene ring substituents is 1. The number of ether oxygens (including phenoxy) is 1. The number of benzene rings is 2. The van der Waals surface area contributed by atoms with E-state index in [1.165, 1.54) is 12.1 Å². The van der Waals surface area contributed by atoms with Gasteiger partial charge in [0.15, 0.2) is 6.23 Å². The predicted molar refractivity (Wildman–Crippen MR) is 84.6 cm³/mol. The lowest BCUT2D eigenvalue weighted by atomic mass is 10.1. The molecule has 2 unspecified atom stereocenters. The summed E-state index contributed by atoms with van der Waals surface area (Å²) in [4.78, 5) is 14.5. The van der Waals surface area contributed by atoms with Gasteiger partial charge in [-0.2, -0.15) is 0 Å². The summed E-state index contributed by atoms with van der Waals surface area (Å²) in [7, 11) is 0. The Morgan fingerprint density at radius 3 is 2.32 bits per heavy atom. The number of nitro groups is 1. The zero-order valence-electron chi connectivity index (χ0n) is 11.1. The van der Waals surface area contributed by atoms with Gasteiger partial charge in [0.2, 0.25) is 0 Å². The third-order valence-electron chi connectivity index (χ3n) is 3.31. The summed E-state index contributed by atoms with van der Waals surface area (Å²) in [5.41, 5.74) is 1.42. The Hall–Kier alpha value is -1.95. The second kappa shape index (κ2) is 6.04. The summed E-state index contributed by atoms with van der Waals surface area (Å²) in [5, 5.41) is 11.7. The normalized spacial score (nSPS) is 20.3. The number of hydrogen-bond acceptors (Lipinski definition) is 4. The van der Waals surface area contributed by atoms with Crippen LogP contribution in [-0.2, 0) is 4.74 Å². The molecule has 7 heteroatoms. The molecule has 2 aromatic rings. The molecule has 112 valence electrons.